The van der Waals surface area contributed by atoms with Crippen LogP contribution in [0.25, 0.3) is 0 Å². The molecule has 3 heteroatoms. The standard InChI is InChI=1S/C17H28N2O/c1-17(2,3)19-12-15-10-7-11-18-16(15)20-13-14-8-5-4-6-9-14/h7,10-11,14,19H,4-6,8-9,12-13H2,1-3H3. The van der Waals surface area contributed by atoms with Crippen LogP contribution in [0.2, 0.25) is 0 Å². The summed E-state index contributed by atoms with van der Waals surface area (Å²) in [6.07, 6.45) is 8.53. The van der Waals surface area contributed by atoms with E-state index in [1.165, 1.54) is 32.1 Å². The Morgan fingerprint density at radius 2 is 2.00 bits per heavy atom. The molecule has 1 N–H and O–H groups in total. The third kappa shape index (κ3) is 5.12. The zero-order valence-electron chi connectivity index (χ0n) is 13.1. The summed E-state index contributed by atoms with van der Waals surface area (Å²) in [4.78, 5) is 4.40. The number of hydrogen-bond donors (Lipinski definition) is 1. The molecular weight excluding hydrogens is 248 g/mol. The predicted molar refractivity (Wildman–Crippen MR) is 82.9 cm³/mol. The fraction of sp³-hybridized carbons (Fsp3) is 0.706. The second kappa shape index (κ2) is 7.07. The maximum Gasteiger partial charge on any atom is 0.217 e. The monoisotopic (exact) mass is 276 g/mol. The molecule has 1 heterocycles. The Balaban J connectivity index is 1.89. The average molecular weight is 276 g/mol. The summed E-state index contributed by atoms with van der Waals surface area (Å²) < 4.78 is 5.99. The first kappa shape index (κ1) is 15.3. The highest BCUT2D eigenvalue weighted by atomic mass is 16.5. The topological polar surface area (TPSA) is 34.2 Å². The summed E-state index contributed by atoms with van der Waals surface area (Å²) >= 11 is 0. The highest BCUT2D eigenvalue weighted by Crippen LogP contribution is 2.25. The van der Waals surface area contributed by atoms with Crippen molar-refractivity contribution in [2.24, 2.45) is 5.92 Å². The van der Waals surface area contributed by atoms with E-state index in [1.807, 2.05) is 12.3 Å². The van der Waals surface area contributed by atoms with Crippen molar-refractivity contribution >= 4 is 0 Å². The second-order valence-electron chi connectivity index (χ2n) is 6.89. The van der Waals surface area contributed by atoms with Gasteiger partial charge in [0.2, 0.25) is 5.88 Å². The van der Waals surface area contributed by atoms with Gasteiger partial charge in [-0.3, -0.25) is 0 Å². The largest absolute Gasteiger partial charge is 0.477 e. The van der Waals surface area contributed by atoms with Crippen LogP contribution in [0.4, 0.5) is 0 Å². The van der Waals surface area contributed by atoms with E-state index in [0.717, 1.165) is 24.6 Å². The van der Waals surface area contributed by atoms with Crippen molar-refractivity contribution in [3.63, 3.8) is 0 Å². The number of ether oxygens (including phenoxy) is 1. The molecular formula is C17H28N2O. The molecule has 112 valence electrons. The number of pyridine rings is 1. The van der Waals surface area contributed by atoms with E-state index in [2.05, 4.69) is 37.1 Å². The highest BCUT2D eigenvalue weighted by molar-refractivity contribution is 5.25. The van der Waals surface area contributed by atoms with E-state index < -0.39 is 0 Å². The molecule has 0 bridgehead atoms. The van der Waals surface area contributed by atoms with Gasteiger partial charge in [0.05, 0.1) is 6.61 Å². The van der Waals surface area contributed by atoms with Crippen LogP contribution in [0.1, 0.15) is 58.4 Å². The van der Waals surface area contributed by atoms with Crippen molar-refractivity contribution in [2.45, 2.75) is 65.0 Å². The summed E-state index contributed by atoms with van der Waals surface area (Å²) in [6.45, 7) is 8.14. The Morgan fingerprint density at radius 3 is 2.70 bits per heavy atom. The Kier molecular flexibility index (Phi) is 5.41. The van der Waals surface area contributed by atoms with E-state index in [1.54, 1.807) is 0 Å². The van der Waals surface area contributed by atoms with E-state index in [9.17, 15) is 0 Å². The molecule has 0 saturated heterocycles. The molecule has 0 atom stereocenters. The van der Waals surface area contributed by atoms with Gasteiger partial charge in [-0.25, -0.2) is 4.98 Å². The van der Waals surface area contributed by atoms with Crippen molar-refractivity contribution in [1.82, 2.24) is 10.3 Å². The number of nitrogens with zero attached hydrogens (tertiary/aromatic N) is 1. The SMILES string of the molecule is CC(C)(C)NCc1cccnc1OCC1CCCCC1. The normalized spacial score (nSPS) is 17.1. The van der Waals surface area contributed by atoms with Gasteiger partial charge in [0, 0.05) is 23.8 Å². The zero-order chi connectivity index (χ0) is 14.4. The summed E-state index contributed by atoms with van der Waals surface area (Å²) in [5, 5.41) is 3.50. The van der Waals surface area contributed by atoms with E-state index >= 15 is 0 Å². The zero-order valence-corrected chi connectivity index (χ0v) is 13.1. The molecule has 0 spiro atoms. The third-order valence-corrected chi connectivity index (χ3v) is 3.84. The maximum atomic E-state index is 5.99. The molecule has 0 aromatic carbocycles. The van der Waals surface area contributed by atoms with Crippen LogP contribution in [0.5, 0.6) is 5.88 Å². The lowest BCUT2D eigenvalue weighted by Gasteiger charge is -2.23. The number of rotatable bonds is 5. The lowest BCUT2D eigenvalue weighted by atomic mass is 9.90. The van der Waals surface area contributed by atoms with Crippen molar-refractivity contribution < 1.29 is 4.74 Å². The van der Waals surface area contributed by atoms with Crippen LogP contribution in [-0.4, -0.2) is 17.1 Å². The molecule has 3 nitrogen and oxygen atoms in total. The molecule has 0 radical (unpaired) electrons. The minimum atomic E-state index is 0.108. The summed E-state index contributed by atoms with van der Waals surface area (Å²) in [7, 11) is 0. The molecule has 1 aliphatic carbocycles. The molecule has 1 aromatic rings. The minimum Gasteiger partial charge on any atom is -0.477 e. The maximum absolute atomic E-state index is 5.99. The fourth-order valence-electron chi connectivity index (χ4n) is 2.60. The summed E-state index contributed by atoms with van der Waals surface area (Å²) in [6, 6.07) is 4.08. The van der Waals surface area contributed by atoms with Crippen LogP contribution >= 0.6 is 0 Å². The molecule has 0 unspecified atom stereocenters. The first-order chi connectivity index (χ1) is 9.54. The predicted octanol–water partition coefficient (Wildman–Crippen LogP) is 3.93. The summed E-state index contributed by atoms with van der Waals surface area (Å²) in [5.41, 5.74) is 1.26. The average Bonchev–Trinajstić information content (AvgIpc) is 2.44. The lowest BCUT2D eigenvalue weighted by Crippen LogP contribution is -2.35. The molecule has 1 saturated carbocycles. The third-order valence-electron chi connectivity index (χ3n) is 3.84. The van der Waals surface area contributed by atoms with Gasteiger partial charge in [0.1, 0.15) is 0 Å². The van der Waals surface area contributed by atoms with Gasteiger partial charge >= 0.3 is 0 Å². The molecule has 2 rings (SSSR count). The molecule has 20 heavy (non-hydrogen) atoms. The second-order valence-corrected chi connectivity index (χ2v) is 6.89. The highest BCUT2D eigenvalue weighted by Gasteiger charge is 2.16. The van der Waals surface area contributed by atoms with Crippen molar-refractivity contribution in [3.05, 3.63) is 23.9 Å². The Hall–Kier alpha value is -1.09. The van der Waals surface area contributed by atoms with Gasteiger partial charge in [-0.2, -0.15) is 0 Å². The van der Waals surface area contributed by atoms with Crippen LogP contribution in [0.15, 0.2) is 18.3 Å². The molecule has 1 aliphatic rings. The van der Waals surface area contributed by atoms with E-state index in [0.29, 0.717) is 5.92 Å². The smallest absolute Gasteiger partial charge is 0.217 e. The van der Waals surface area contributed by atoms with Gasteiger partial charge < -0.3 is 10.1 Å². The van der Waals surface area contributed by atoms with Gasteiger partial charge in [-0.1, -0.05) is 25.3 Å². The Labute approximate surface area is 123 Å². The van der Waals surface area contributed by atoms with Crippen molar-refractivity contribution in [3.8, 4) is 5.88 Å². The molecule has 0 aliphatic heterocycles. The van der Waals surface area contributed by atoms with Crippen molar-refractivity contribution in [2.75, 3.05) is 6.61 Å². The quantitative estimate of drug-likeness (QED) is 0.885. The molecule has 1 aromatic heterocycles. The lowest BCUT2D eigenvalue weighted by molar-refractivity contribution is 0.200. The fourth-order valence-corrected chi connectivity index (χ4v) is 2.60. The van der Waals surface area contributed by atoms with Crippen LogP contribution in [-0.2, 0) is 6.54 Å². The van der Waals surface area contributed by atoms with Crippen LogP contribution in [0, 0.1) is 5.92 Å². The number of aromatic nitrogens is 1. The first-order valence-electron chi connectivity index (χ1n) is 7.86. The van der Waals surface area contributed by atoms with Gasteiger partial charge in [0.25, 0.3) is 0 Å². The molecule has 0 amide bonds. The number of nitrogens with one attached hydrogen (secondary N) is 1. The summed E-state index contributed by atoms with van der Waals surface area (Å²) in [5.74, 6) is 1.52. The molecule has 1 fully saturated rings. The van der Waals surface area contributed by atoms with Crippen LogP contribution in [0.3, 0.4) is 0 Å². The van der Waals surface area contributed by atoms with Gasteiger partial charge in [0.15, 0.2) is 0 Å². The van der Waals surface area contributed by atoms with Gasteiger partial charge in [-0.05, 0) is 45.6 Å². The van der Waals surface area contributed by atoms with E-state index in [4.69, 9.17) is 4.74 Å². The Bertz CT molecular complexity index is 406. The van der Waals surface area contributed by atoms with E-state index in [-0.39, 0.29) is 5.54 Å². The Morgan fingerprint density at radius 1 is 1.25 bits per heavy atom. The number of hydrogen-bond acceptors (Lipinski definition) is 3. The first-order valence-corrected chi connectivity index (χ1v) is 7.86. The van der Waals surface area contributed by atoms with Gasteiger partial charge in [-0.15, -0.1) is 0 Å². The van der Waals surface area contributed by atoms with Crippen LogP contribution < -0.4 is 10.1 Å². The van der Waals surface area contributed by atoms with Crippen molar-refractivity contribution in [1.29, 1.82) is 0 Å². The minimum absolute atomic E-state index is 0.108.